The minimum atomic E-state index is 1.09. The van der Waals surface area contributed by atoms with Gasteiger partial charge in [0.05, 0.1) is 5.69 Å². The summed E-state index contributed by atoms with van der Waals surface area (Å²) in [5.41, 5.74) is 15.3. The molecule has 0 spiro atoms. The average molecular weight is 726 g/mol. The van der Waals surface area contributed by atoms with Crippen molar-refractivity contribution in [3.8, 4) is 55.6 Å². The van der Waals surface area contributed by atoms with Crippen molar-refractivity contribution in [3.05, 3.63) is 237 Å². The molecule has 10 aromatic carbocycles. The molecule has 0 atom stereocenters. The topological polar surface area (TPSA) is 3.24 Å². The van der Waals surface area contributed by atoms with Gasteiger partial charge < -0.3 is 4.90 Å². The molecule has 0 N–H and O–H groups in total. The number of benzene rings is 10. The Morgan fingerprint density at radius 2 is 0.667 bits per heavy atom. The minimum Gasteiger partial charge on any atom is -0.310 e. The maximum Gasteiger partial charge on any atom is 0.0540 e. The smallest absolute Gasteiger partial charge is 0.0540 e. The van der Waals surface area contributed by atoms with Gasteiger partial charge in [-0.15, -0.1) is 0 Å². The van der Waals surface area contributed by atoms with Gasteiger partial charge in [0.15, 0.2) is 0 Å². The van der Waals surface area contributed by atoms with Crippen molar-refractivity contribution in [2.45, 2.75) is 0 Å². The first-order chi connectivity index (χ1) is 28.3. The maximum absolute atomic E-state index is 2.41. The number of hydrogen-bond acceptors (Lipinski definition) is 1. The molecule has 0 aliphatic rings. The zero-order chi connectivity index (χ0) is 38.0. The lowest BCUT2D eigenvalue weighted by molar-refractivity contribution is 1.28. The summed E-state index contributed by atoms with van der Waals surface area (Å²) in [5, 5.41) is 5.01. The highest BCUT2D eigenvalue weighted by Gasteiger charge is 2.21. The lowest BCUT2D eigenvalue weighted by Crippen LogP contribution is -2.11. The Morgan fingerprint density at radius 3 is 1.32 bits per heavy atom. The van der Waals surface area contributed by atoms with Crippen LogP contribution in [0, 0.1) is 0 Å². The Morgan fingerprint density at radius 1 is 0.228 bits per heavy atom. The number of nitrogens with zero attached hydrogens (tertiary/aromatic N) is 1. The summed E-state index contributed by atoms with van der Waals surface area (Å²) in [6.07, 6.45) is 0. The highest BCUT2D eigenvalue weighted by molar-refractivity contribution is 6.22. The van der Waals surface area contributed by atoms with Gasteiger partial charge >= 0.3 is 0 Å². The molecule has 1 nitrogen and oxygen atoms in total. The van der Waals surface area contributed by atoms with Crippen LogP contribution in [0.5, 0.6) is 0 Å². The monoisotopic (exact) mass is 725 g/mol. The molecule has 0 aliphatic carbocycles. The van der Waals surface area contributed by atoms with E-state index in [0.29, 0.717) is 0 Å². The van der Waals surface area contributed by atoms with Gasteiger partial charge in [-0.25, -0.2) is 0 Å². The van der Waals surface area contributed by atoms with Crippen LogP contribution in [-0.2, 0) is 0 Å². The minimum absolute atomic E-state index is 1.09. The molecule has 57 heavy (non-hydrogen) atoms. The highest BCUT2D eigenvalue weighted by atomic mass is 15.1. The van der Waals surface area contributed by atoms with Crippen molar-refractivity contribution in [1.82, 2.24) is 0 Å². The number of para-hydroxylation sites is 1. The number of anilines is 3. The molecule has 0 amide bonds. The molecule has 0 unspecified atom stereocenters. The van der Waals surface area contributed by atoms with Crippen molar-refractivity contribution >= 4 is 38.6 Å². The second-order valence-electron chi connectivity index (χ2n) is 14.5. The van der Waals surface area contributed by atoms with Gasteiger partial charge in [0, 0.05) is 16.9 Å². The third kappa shape index (κ3) is 6.46. The molecule has 0 heterocycles. The zero-order valence-corrected chi connectivity index (χ0v) is 31.5. The van der Waals surface area contributed by atoms with E-state index in [2.05, 4.69) is 241 Å². The molecule has 0 radical (unpaired) electrons. The molecule has 1 heteroatoms. The standard InChI is InChI=1S/C56H39N/c1-6-19-40(20-7-1)45-34-36-54(52(38-45)41-21-8-2-9-22-41)57(47-28-14-5-15-29-47)48-30-18-27-44(37-48)46-33-35-50-49-31-16-17-32-51(49)55(42-23-10-3-11-24-42)56(53(50)39-46)43-25-12-4-13-26-43/h1-39H. The van der Waals surface area contributed by atoms with E-state index in [1.54, 1.807) is 0 Å². The van der Waals surface area contributed by atoms with Gasteiger partial charge in [0.1, 0.15) is 0 Å². The summed E-state index contributed by atoms with van der Waals surface area (Å²) in [4.78, 5) is 2.40. The number of fused-ring (bicyclic) bond motifs is 3. The van der Waals surface area contributed by atoms with Gasteiger partial charge in [-0.05, 0) is 114 Å². The van der Waals surface area contributed by atoms with Gasteiger partial charge in [-0.2, -0.15) is 0 Å². The molecule has 268 valence electrons. The fraction of sp³-hybridized carbons (Fsp3) is 0. The molecular formula is C56H39N. The van der Waals surface area contributed by atoms with Crippen LogP contribution in [-0.4, -0.2) is 0 Å². The normalized spacial score (nSPS) is 11.2. The molecule has 0 aromatic heterocycles. The van der Waals surface area contributed by atoms with Crippen molar-refractivity contribution in [1.29, 1.82) is 0 Å². The van der Waals surface area contributed by atoms with Crippen molar-refractivity contribution in [2.75, 3.05) is 4.90 Å². The molecule has 0 bridgehead atoms. The van der Waals surface area contributed by atoms with E-state index < -0.39 is 0 Å². The Bertz CT molecular complexity index is 2970. The fourth-order valence-electron chi connectivity index (χ4n) is 8.40. The van der Waals surface area contributed by atoms with Crippen LogP contribution in [0.4, 0.5) is 17.1 Å². The predicted molar refractivity (Wildman–Crippen MR) is 243 cm³/mol. The summed E-state index contributed by atoms with van der Waals surface area (Å²) >= 11 is 0. The fourth-order valence-corrected chi connectivity index (χ4v) is 8.40. The zero-order valence-electron chi connectivity index (χ0n) is 31.5. The first kappa shape index (κ1) is 34.0. The van der Waals surface area contributed by atoms with Crippen LogP contribution in [0.25, 0.3) is 77.2 Å². The summed E-state index contributed by atoms with van der Waals surface area (Å²) in [6.45, 7) is 0. The van der Waals surface area contributed by atoms with Crippen LogP contribution < -0.4 is 4.90 Å². The van der Waals surface area contributed by atoms with E-state index in [9.17, 15) is 0 Å². The van der Waals surface area contributed by atoms with Crippen molar-refractivity contribution < 1.29 is 0 Å². The average Bonchev–Trinajstić information content (AvgIpc) is 3.30. The lowest BCUT2D eigenvalue weighted by Gasteiger charge is -2.29. The second-order valence-corrected chi connectivity index (χ2v) is 14.5. The quantitative estimate of drug-likeness (QED) is 0.141. The van der Waals surface area contributed by atoms with E-state index >= 15 is 0 Å². The summed E-state index contributed by atoms with van der Waals surface area (Å²) in [5.74, 6) is 0. The molecular weight excluding hydrogens is 687 g/mol. The third-order valence-corrected chi connectivity index (χ3v) is 11.0. The van der Waals surface area contributed by atoms with Gasteiger partial charge in [0.2, 0.25) is 0 Å². The third-order valence-electron chi connectivity index (χ3n) is 11.0. The van der Waals surface area contributed by atoms with Crippen LogP contribution in [0.15, 0.2) is 237 Å². The van der Waals surface area contributed by atoms with E-state index in [1.807, 2.05) is 0 Å². The first-order valence-corrected chi connectivity index (χ1v) is 19.6. The summed E-state index contributed by atoms with van der Waals surface area (Å²) < 4.78 is 0. The number of rotatable bonds is 8. The molecule has 10 rings (SSSR count). The summed E-state index contributed by atoms with van der Waals surface area (Å²) in [7, 11) is 0. The van der Waals surface area contributed by atoms with Gasteiger partial charge in [-0.3, -0.25) is 0 Å². The lowest BCUT2D eigenvalue weighted by atomic mass is 9.84. The van der Waals surface area contributed by atoms with Crippen LogP contribution in [0.3, 0.4) is 0 Å². The van der Waals surface area contributed by atoms with E-state index in [0.717, 1.165) is 22.6 Å². The summed E-state index contributed by atoms with van der Waals surface area (Å²) in [6, 6.07) is 85.6. The SMILES string of the molecule is c1ccc(-c2ccc(N(c3ccccc3)c3cccc(-c4ccc5c(c4)c(-c4ccccc4)c(-c4ccccc4)c4ccccc45)c3)c(-c3ccccc3)c2)cc1. The van der Waals surface area contributed by atoms with Crippen LogP contribution in [0.2, 0.25) is 0 Å². The second kappa shape index (κ2) is 15.0. The van der Waals surface area contributed by atoms with Gasteiger partial charge in [0.25, 0.3) is 0 Å². The largest absolute Gasteiger partial charge is 0.310 e. The van der Waals surface area contributed by atoms with E-state index in [4.69, 9.17) is 0 Å². The van der Waals surface area contributed by atoms with E-state index in [-0.39, 0.29) is 0 Å². The Labute approximate surface area is 334 Å². The van der Waals surface area contributed by atoms with Gasteiger partial charge in [-0.1, -0.05) is 194 Å². The molecule has 10 aromatic rings. The molecule has 0 aliphatic heterocycles. The molecule has 0 saturated carbocycles. The Hall–Kier alpha value is -7.48. The predicted octanol–water partition coefficient (Wildman–Crippen LogP) is 15.8. The van der Waals surface area contributed by atoms with Crippen molar-refractivity contribution in [3.63, 3.8) is 0 Å². The first-order valence-electron chi connectivity index (χ1n) is 19.6. The molecule has 0 fully saturated rings. The van der Waals surface area contributed by atoms with E-state index in [1.165, 1.54) is 71.6 Å². The van der Waals surface area contributed by atoms with Crippen LogP contribution in [0.1, 0.15) is 0 Å². The molecule has 0 saturated heterocycles. The van der Waals surface area contributed by atoms with Crippen molar-refractivity contribution in [2.24, 2.45) is 0 Å². The Kier molecular flexibility index (Phi) is 8.95. The highest BCUT2D eigenvalue weighted by Crippen LogP contribution is 2.47. The Balaban J connectivity index is 1.18. The van der Waals surface area contributed by atoms with Crippen LogP contribution >= 0.6 is 0 Å². The number of hydrogen-bond donors (Lipinski definition) is 0. The maximum atomic E-state index is 2.41.